The Kier molecular flexibility index (Phi) is 7.32. The number of rotatable bonds is 9. The van der Waals surface area contributed by atoms with E-state index in [4.69, 9.17) is 14.2 Å². The van der Waals surface area contributed by atoms with Crippen LogP contribution in [-0.4, -0.2) is 47.7 Å². The number of aromatic nitrogens is 4. The van der Waals surface area contributed by atoms with Crippen molar-refractivity contribution in [3.63, 3.8) is 0 Å². The highest BCUT2D eigenvalue weighted by Crippen LogP contribution is 2.41. The van der Waals surface area contributed by atoms with E-state index in [1.807, 2.05) is 0 Å². The zero-order chi connectivity index (χ0) is 27.5. The fourth-order valence-corrected chi connectivity index (χ4v) is 4.27. The van der Waals surface area contributed by atoms with Crippen molar-refractivity contribution in [1.29, 1.82) is 0 Å². The molecule has 0 saturated carbocycles. The van der Waals surface area contributed by atoms with Gasteiger partial charge in [-0.2, -0.15) is 13.4 Å². The number of methoxy groups -OCH3 is 2. The summed E-state index contributed by atoms with van der Waals surface area (Å²) in [7, 11) is -1.52. The van der Waals surface area contributed by atoms with Crippen molar-refractivity contribution < 1.29 is 27.7 Å². The van der Waals surface area contributed by atoms with E-state index in [9.17, 15) is 18.3 Å². The van der Waals surface area contributed by atoms with Crippen LogP contribution in [0.2, 0.25) is 0 Å². The van der Waals surface area contributed by atoms with Crippen LogP contribution in [0, 0.1) is 0 Å². The summed E-state index contributed by atoms with van der Waals surface area (Å²) in [5.74, 6) is 0.0843. The number of hydrogen-bond acceptors (Lipinski definition) is 10. The molecule has 0 radical (unpaired) electrons. The van der Waals surface area contributed by atoms with Crippen LogP contribution in [0.5, 0.6) is 23.1 Å². The maximum absolute atomic E-state index is 13.3. The Labute approximate surface area is 218 Å². The SMILES string of the molecule is COc1ccccc1Oc1c(NS(=O)(=O)c2ccc(C(C)(C)O)cn2)nc(-c2cc[nH]c(=O)c2)nc1OC. The predicted molar refractivity (Wildman–Crippen MR) is 138 cm³/mol. The van der Waals surface area contributed by atoms with Gasteiger partial charge in [0.25, 0.3) is 15.9 Å². The molecule has 3 heterocycles. The smallest absolute Gasteiger partial charge is 0.280 e. The number of benzene rings is 1. The molecule has 4 aromatic rings. The van der Waals surface area contributed by atoms with Crippen LogP contribution in [0.1, 0.15) is 19.4 Å². The van der Waals surface area contributed by atoms with Crippen molar-refractivity contribution >= 4 is 15.8 Å². The maximum atomic E-state index is 13.3. The van der Waals surface area contributed by atoms with Gasteiger partial charge in [-0.15, -0.1) is 0 Å². The third-order valence-corrected chi connectivity index (χ3v) is 6.55. The summed E-state index contributed by atoms with van der Waals surface area (Å²) in [6, 6.07) is 12.2. The van der Waals surface area contributed by atoms with Crippen molar-refractivity contribution in [1.82, 2.24) is 19.9 Å². The van der Waals surface area contributed by atoms with Crippen LogP contribution >= 0.6 is 0 Å². The fraction of sp³-hybridized carbons (Fsp3) is 0.200. The lowest BCUT2D eigenvalue weighted by Crippen LogP contribution is -2.19. The molecule has 0 amide bonds. The fourth-order valence-electron chi connectivity index (χ4n) is 3.34. The minimum absolute atomic E-state index is 0.00311. The monoisotopic (exact) mass is 539 g/mol. The molecule has 198 valence electrons. The average molecular weight is 540 g/mol. The normalized spacial score (nSPS) is 11.6. The molecule has 0 aliphatic carbocycles. The zero-order valence-electron chi connectivity index (χ0n) is 20.9. The molecule has 3 N–H and O–H groups in total. The number of pyridine rings is 2. The number of aliphatic hydroxyl groups is 1. The number of nitrogens with one attached hydrogen (secondary N) is 2. The quantitative estimate of drug-likeness (QED) is 0.288. The summed E-state index contributed by atoms with van der Waals surface area (Å²) < 4.78 is 45.8. The summed E-state index contributed by atoms with van der Waals surface area (Å²) in [5, 5.41) is 9.84. The molecule has 0 atom stereocenters. The molecule has 0 unspecified atom stereocenters. The van der Waals surface area contributed by atoms with Crippen molar-refractivity contribution in [2.45, 2.75) is 24.5 Å². The first-order valence-corrected chi connectivity index (χ1v) is 12.7. The second-order valence-electron chi connectivity index (χ2n) is 8.48. The number of H-pyrrole nitrogens is 1. The van der Waals surface area contributed by atoms with E-state index in [0.29, 0.717) is 16.9 Å². The summed E-state index contributed by atoms with van der Waals surface area (Å²) in [5.41, 5.74) is -0.875. The second-order valence-corrected chi connectivity index (χ2v) is 10.1. The Morgan fingerprint density at radius 2 is 1.74 bits per heavy atom. The Bertz CT molecular complexity index is 1610. The molecule has 12 nitrogen and oxygen atoms in total. The Balaban J connectivity index is 1.85. The van der Waals surface area contributed by atoms with Crippen LogP contribution < -0.4 is 24.5 Å². The molecule has 0 fully saturated rings. The minimum atomic E-state index is -4.31. The van der Waals surface area contributed by atoms with Crippen LogP contribution in [0.15, 0.2) is 70.7 Å². The van der Waals surface area contributed by atoms with E-state index in [0.717, 1.165) is 0 Å². The lowest BCUT2D eigenvalue weighted by molar-refractivity contribution is 0.0781. The highest BCUT2D eigenvalue weighted by atomic mass is 32.2. The van der Waals surface area contributed by atoms with Crippen molar-refractivity contribution in [2.24, 2.45) is 0 Å². The van der Waals surface area contributed by atoms with Gasteiger partial charge in [-0.1, -0.05) is 18.2 Å². The number of ether oxygens (including phenoxy) is 3. The Morgan fingerprint density at radius 1 is 1.00 bits per heavy atom. The summed E-state index contributed by atoms with van der Waals surface area (Å²) in [4.78, 5) is 27.0. The summed E-state index contributed by atoms with van der Waals surface area (Å²) in [6.07, 6.45) is 2.67. The number of anilines is 1. The van der Waals surface area contributed by atoms with E-state index in [-0.39, 0.29) is 34.0 Å². The molecule has 0 saturated heterocycles. The summed E-state index contributed by atoms with van der Waals surface area (Å²) in [6.45, 7) is 3.11. The topological polar surface area (TPSA) is 166 Å². The first-order chi connectivity index (χ1) is 18.0. The number of hydrogen-bond donors (Lipinski definition) is 3. The van der Waals surface area contributed by atoms with Gasteiger partial charge in [0.05, 0.1) is 19.8 Å². The summed E-state index contributed by atoms with van der Waals surface area (Å²) >= 11 is 0. The van der Waals surface area contributed by atoms with Gasteiger partial charge < -0.3 is 24.3 Å². The lowest BCUT2D eigenvalue weighted by Gasteiger charge is -2.18. The van der Waals surface area contributed by atoms with E-state index < -0.39 is 21.2 Å². The largest absolute Gasteiger partial charge is 0.493 e. The molecule has 3 aromatic heterocycles. The third-order valence-electron chi connectivity index (χ3n) is 5.29. The standard InChI is InChI=1S/C25H25N5O7S/c1-25(2,32)16-9-10-20(27-14-16)38(33,34)30-23-21(37-18-8-6-5-7-17(18)35-3)24(36-4)29-22(28-23)15-11-12-26-19(31)13-15/h5-14,32H,1-4H3,(H,26,31)(H,28,29,30). The second kappa shape index (κ2) is 10.5. The Hall–Kier alpha value is -4.49. The van der Waals surface area contributed by atoms with Crippen LogP contribution in [0.25, 0.3) is 11.4 Å². The van der Waals surface area contributed by atoms with Gasteiger partial charge in [-0.05, 0) is 38.1 Å². The van der Waals surface area contributed by atoms with Crippen LogP contribution in [-0.2, 0) is 15.6 Å². The number of sulfonamides is 1. The first-order valence-electron chi connectivity index (χ1n) is 11.2. The number of nitrogens with zero attached hydrogens (tertiary/aromatic N) is 3. The van der Waals surface area contributed by atoms with Gasteiger partial charge in [-0.3, -0.25) is 9.52 Å². The molecule has 0 bridgehead atoms. The molecule has 1 aromatic carbocycles. The molecule has 0 aliphatic heterocycles. The van der Waals surface area contributed by atoms with Crippen molar-refractivity contribution in [2.75, 3.05) is 18.9 Å². The van der Waals surface area contributed by atoms with E-state index in [1.165, 1.54) is 44.8 Å². The van der Waals surface area contributed by atoms with Gasteiger partial charge in [0, 0.05) is 29.6 Å². The average Bonchev–Trinajstić information content (AvgIpc) is 2.89. The van der Waals surface area contributed by atoms with E-state index >= 15 is 0 Å². The van der Waals surface area contributed by atoms with Gasteiger partial charge in [0.1, 0.15) is 0 Å². The third kappa shape index (κ3) is 5.74. The molecule has 0 spiro atoms. The molecule has 0 aliphatic rings. The highest BCUT2D eigenvalue weighted by Gasteiger charge is 2.26. The molecular weight excluding hydrogens is 514 g/mol. The van der Waals surface area contributed by atoms with E-state index in [1.54, 1.807) is 44.2 Å². The van der Waals surface area contributed by atoms with E-state index in [2.05, 4.69) is 24.7 Å². The van der Waals surface area contributed by atoms with Gasteiger partial charge >= 0.3 is 0 Å². The predicted octanol–water partition coefficient (Wildman–Crippen LogP) is 3.06. The van der Waals surface area contributed by atoms with Gasteiger partial charge in [0.2, 0.25) is 11.3 Å². The van der Waals surface area contributed by atoms with Gasteiger partial charge in [-0.25, -0.2) is 9.97 Å². The molecule has 13 heteroatoms. The highest BCUT2D eigenvalue weighted by molar-refractivity contribution is 7.92. The van der Waals surface area contributed by atoms with Crippen molar-refractivity contribution in [3.05, 3.63) is 76.8 Å². The molecule has 4 rings (SSSR count). The van der Waals surface area contributed by atoms with Crippen molar-refractivity contribution in [3.8, 4) is 34.5 Å². The maximum Gasteiger partial charge on any atom is 0.280 e. The first kappa shape index (κ1) is 26.6. The minimum Gasteiger partial charge on any atom is -0.493 e. The number of aromatic amines is 1. The zero-order valence-corrected chi connectivity index (χ0v) is 21.7. The van der Waals surface area contributed by atoms with Crippen LogP contribution in [0.4, 0.5) is 5.82 Å². The van der Waals surface area contributed by atoms with Crippen LogP contribution in [0.3, 0.4) is 0 Å². The lowest BCUT2D eigenvalue weighted by atomic mass is 10.0. The molecule has 38 heavy (non-hydrogen) atoms. The number of para-hydroxylation sites is 2. The molecular formula is C25H25N5O7S. The Morgan fingerprint density at radius 3 is 2.34 bits per heavy atom. The van der Waals surface area contributed by atoms with Gasteiger partial charge in [0.15, 0.2) is 28.2 Å².